The molecular formula is C18H23NO3S. The Bertz CT molecular complexity index is 621. The zero-order valence-electron chi connectivity index (χ0n) is 13.9. The highest BCUT2D eigenvalue weighted by atomic mass is 32.1. The molecule has 2 unspecified atom stereocenters. The minimum Gasteiger partial charge on any atom is -0.456 e. The van der Waals surface area contributed by atoms with E-state index in [1.54, 1.807) is 0 Å². The highest BCUT2D eigenvalue weighted by Crippen LogP contribution is 2.32. The van der Waals surface area contributed by atoms with E-state index in [1.165, 1.54) is 11.3 Å². The number of nitriles is 1. The summed E-state index contributed by atoms with van der Waals surface area (Å²) in [5.74, 6) is -0.381. The third-order valence-corrected chi connectivity index (χ3v) is 5.10. The molecular weight excluding hydrogens is 310 g/mol. The standard InChI is InChI=1S/C18H23NO3S/c1-18(2,3)22-17(21)16-10-8-13(23-16)6-4-5-12-7-9-15(20)14(12)11-19/h8,10,12,14H,4-7,9H2,1-3H3. The number of carbonyl (C=O) groups excluding carboxylic acids is 2. The fourth-order valence-electron chi connectivity index (χ4n) is 2.89. The van der Waals surface area contributed by atoms with E-state index in [2.05, 4.69) is 6.07 Å². The van der Waals surface area contributed by atoms with Crippen LogP contribution in [-0.2, 0) is 16.0 Å². The molecule has 1 aromatic heterocycles. The number of hydrogen-bond donors (Lipinski definition) is 0. The van der Waals surface area contributed by atoms with Crippen molar-refractivity contribution < 1.29 is 14.3 Å². The Morgan fingerprint density at radius 2 is 2.17 bits per heavy atom. The molecule has 0 spiro atoms. The van der Waals surface area contributed by atoms with Crippen LogP contribution in [0.1, 0.15) is 61.0 Å². The van der Waals surface area contributed by atoms with E-state index >= 15 is 0 Å². The van der Waals surface area contributed by atoms with Crippen molar-refractivity contribution in [1.29, 1.82) is 5.26 Å². The third-order valence-electron chi connectivity index (χ3n) is 3.98. The maximum atomic E-state index is 12.0. The van der Waals surface area contributed by atoms with Crippen molar-refractivity contribution in [2.24, 2.45) is 11.8 Å². The van der Waals surface area contributed by atoms with Gasteiger partial charge in [0.15, 0.2) is 0 Å². The first-order valence-corrected chi connectivity index (χ1v) is 8.86. The highest BCUT2D eigenvalue weighted by Gasteiger charge is 2.34. The molecule has 0 radical (unpaired) electrons. The van der Waals surface area contributed by atoms with Gasteiger partial charge < -0.3 is 4.74 Å². The summed E-state index contributed by atoms with van der Waals surface area (Å²) in [6, 6.07) is 5.92. The third kappa shape index (κ3) is 4.90. The van der Waals surface area contributed by atoms with Gasteiger partial charge in [0.1, 0.15) is 22.2 Å². The first kappa shape index (κ1) is 17.7. The second kappa shape index (κ2) is 7.27. The Labute approximate surface area is 141 Å². The zero-order valence-corrected chi connectivity index (χ0v) is 14.7. The summed E-state index contributed by atoms with van der Waals surface area (Å²) in [6.07, 6.45) is 4.08. The van der Waals surface area contributed by atoms with Crippen LogP contribution in [0.25, 0.3) is 0 Å². The topological polar surface area (TPSA) is 67.2 Å². The number of aryl methyl sites for hydroxylation is 1. The molecule has 0 N–H and O–H groups in total. The molecule has 124 valence electrons. The van der Waals surface area contributed by atoms with Gasteiger partial charge in [0.25, 0.3) is 0 Å². The Balaban J connectivity index is 1.83. The summed E-state index contributed by atoms with van der Waals surface area (Å²) in [6.45, 7) is 5.57. The highest BCUT2D eigenvalue weighted by molar-refractivity contribution is 7.13. The van der Waals surface area contributed by atoms with Crippen LogP contribution in [-0.4, -0.2) is 17.4 Å². The van der Waals surface area contributed by atoms with Gasteiger partial charge in [-0.05, 0) is 64.5 Å². The molecule has 2 rings (SSSR count). The van der Waals surface area contributed by atoms with Crippen LogP contribution >= 0.6 is 11.3 Å². The summed E-state index contributed by atoms with van der Waals surface area (Å²) in [5, 5.41) is 9.06. The van der Waals surface area contributed by atoms with E-state index < -0.39 is 11.5 Å². The number of Topliss-reactive ketones (excluding diaryl/α,β-unsaturated/α-hetero) is 1. The van der Waals surface area contributed by atoms with Crippen LogP contribution in [0.3, 0.4) is 0 Å². The first-order chi connectivity index (χ1) is 10.8. The Hall–Kier alpha value is -1.67. The van der Waals surface area contributed by atoms with Crippen LogP contribution in [0, 0.1) is 23.2 Å². The van der Waals surface area contributed by atoms with Crippen LogP contribution in [0.15, 0.2) is 12.1 Å². The van der Waals surface area contributed by atoms with Gasteiger partial charge in [0, 0.05) is 11.3 Å². The zero-order chi connectivity index (χ0) is 17.0. The minimum atomic E-state index is -0.484. The van der Waals surface area contributed by atoms with Gasteiger partial charge in [0.05, 0.1) is 6.07 Å². The summed E-state index contributed by atoms with van der Waals surface area (Å²) in [5.41, 5.74) is -0.484. The Kier molecular flexibility index (Phi) is 5.59. The Morgan fingerprint density at radius 3 is 2.83 bits per heavy atom. The van der Waals surface area contributed by atoms with Crippen molar-refractivity contribution in [3.63, 3.8) is 0 Å². The Morgan fingerprint density at radius 1 is 1.43 bits per heavy atom. The predicted octanol–water partition coefficient (Wildman–Crippen LogP) is 4.14. The number of nitrogens with zero attached hydrogens (tertiary/aromatic N) is 1. The average Bonchev–Trinajstić information content (AvgIpc) is 3.04. The lowest BCUT2D eigenvalue weighted by molar-refractivity contribution is -0.119. The van der Waals surface area contributed by atoms with Crippen molar-refractivity contribution >= 4 is 23.1 Å². The second-order valence-electron chi connectivity index (χ2n) is 7.03. The second-order valence-corrected chi connectivity index (χ2v) is 8.20. The van der Waals surface area contributed by atoms with Crippen molar-refractivity contribution in [3.05, 3.63) is 21.9 Å². The van der Waals surface area contributed by atoms with Crippen molar-refractivity contribution in [1.82, 2.24) is 0 Å². The van der Waals surface area contributed by atoms with Crippen molar-refractivity contribution in [3.8, 4) is 6.07 Å². The minimum absolute atomic E-state index is 0.0980. The lowest BCUT2D eigenvalue weighted by atomic mass is 9.91. The van der Waals surface area contributed by atoms with E-state index in [4.69, 9.17) is 10.00 Å². The molecule has 0 aliphatic heterocycles. The van der Waals surface area contributed by atoms with Crippen LogP contribution < -0.4 is 0 Å². The number of esters is 1. The molecule has 1 aliphatic carbocycles. The number of thiophene rings is 1. The predicted molar refractivity (Wildman–Crippen MR) is 89.3 cm³/mol. The molecule has 5 heteroatoms. The largest absolute Gasteiger partial charge is 0.456 e. The molecule has 0 aromatic carbocycles. The van der Waals surface area contributed by atoms with E-state index in [-0.39, 0.29) is 17.7 Å². The van der Waals surface area contributed by atoms with Gasteiger partial charge in [-0.1, -0.05) is 0 Å². The summed E-state index contributed by atoms with van der Waals surface area (Å²) in [4.78, 5) is 25.3. The van der Waals surface area contributed by atoms with E-state index in [0.29, 0.717) is 11.3 Å². The molecule has 0 amide bonds. The van der Waals surface area contributed by atoms with E-state index in [0.717, 1.165) is 30.6 Å². The van der Waals surface area contributed by atoms with Gasteiger partial charge in [-0.15, -0.1) is 11.3 Å². The van der Waals surface area contributed by atoms with Gasteiger partial charge >= 0.3 is 5.97 Å². The molecule has 1 heterocycles. The van der Waals surface area contributed by atoms with E-state index in [1.807, 2.05) is 32.9 Å². The normalized spacial score (nSPS) is 21.2. The molecule has 1 saturated carbocycles. The number of carbonyl (C=O) groups is 2. The SMILES string of the molecule is CC(C)(C)OC(=O)c1ccc(CCCC2CCC(=O)C2C#N)s1. The van der Waals surface area contributed by atoms with Crippen molar-refractivity contribution in [2.45, 2.75) is 58.5 Å². The molecule has 23 heavy (non-hydrogen) atoms. The monoisotopic (exact) mass is 333 g/mol. The summed E-state index contributed by atoms with van der Waals surface area (Å²) >= 11 is 1.46. The number of ketones is 1. The van der Waals surface area contributed by atoms with Crippen LogP contribution in [0.5, 0.6) is 0 Å². The summed E-state index contributed by atoms with van der Waals surface area (Å²) in [7, 11) is 0. The number of rotatable bonds is 5. The fourth-order valence-corrected chi connectivity index (χ4v) is 3.82. The van der Waals surface area contributed by atoms with Gasteiger partial charge in [0.2, 0.25) is 0 Å². The quantitative estimate of drug-likeness (QED) is 0.759. The van der Waals surface area contributed by atoms with Crippen molar-refractivity contribution in [2.75, 3.05) is 0 Å². The number of hydrogen-bond acceptors (Lipinski definition) is 5. The lowest BCUT2D eigenvalue weighted by Crippen LogP contribution is -2.23. The van der Waals surface area contributed by atoms with Crippen LogP contribution in [0.4, 0.5) is 0 Å². The molecule has 1 aliphatic rings. The maximum Gasteiger partial charge on any atom is 0.348 e. The fraction of sp³-hybridized carbons (Fsp3) is 0.611. The summed E-state index contributed by atoms with van der Waals surface area (Å²) < 4.78 is 5.36. The average molecular weight is 333 g/mol. The lowest BCUT2D eigenvalue weighted by Gasteiger charge is -2.18. The van der Waals surface area contributed by atoms with Crippen LogP contribution in [0.2, 0.25) is 0 Å². The van der Waals surface area contributed by atoms with E-state index in [9.17, 15) is 9.59 Å². The molecule has 1 fully saturated rings. The maximum absolute atomic E-state index is 12.0. The molecule has 4 nitrogen and oxygen atoms in total. The molecule has 0 saturated heterocycles. The van der Waals surface area contributed by atoms with Gasteiger partial charge in [-0.3, -0.25) is 4.79 Å². The molecule has 0 bridgehead atoms. The first-order valence-electron chi connectivity index (χ1n) is 8.04. The number of ether oxygens (including phenoxy) is 1. The smallest absolute Gasteiger partial charge is 0.348 e. The molecule has 1 aromatic rings. The van der Waals surface area contributed by atoms with Gasteiger partial charge in [-0.2, -0.15) is 5.26 Å². The van der Waals surface area contributed by atoms with Gasteiger partial charge in [-0.25, -0.2) is 4.79 Å². The molecule has 2 atom stereocenters.